The van der Waals surface area contributed by atoms with E-state index < -0.39 is 17.8 Å². The van der Waals surface area contributed by atoms with Gasteiger partial charge in [0.2, 0.25) is 0 Å². The van der Waals surface area contributed by atoms with Crippen LogP contribution >= 0.6 is 0 Å². The van der Waals surface area contributed by atoms with Crippen LogP contribution < -0.4 is 5.32 Å². The molecule has 0 atom stereocenters. The lowest BCUT2D eigenvalue weighted by Gasteiger charge is -2.24. The number of rotatable bonds is 3. The monoisotopic (exact) mass is 288 g/mol. The molecule has 1 heterocycles. The highest BCUT2D eigenvalue weighted by Gasteiger charge is 2.34. The first-order valence-corrected chi connectivity index (χ1v) is 6.34. The van der Waals surface area contributed by atoms with E-state index >= 15 is 0 Å². The van der Waals surface area contributed by atoms with Gasteiger partial charge in [-0.05, 0) is 30.7 Å². The summed E-state index contributed by atoms with van der Waals surface area (Å²) in [4.78, 5) is 35.9. The molecule has 5 nitrogen and oxygen atoms in total. The molecule has 4 amide bonds. The van der Waals surface area contributed by atoms with E-state index in [0.29, 0.717) is 5.56 Å². The summed E-state index contributed by atoms with van der Waals surface area (Å²) < 4.78 is 13.0. The smallest absolute Gasteiger partial charge is 0.273 e. The SMILES string of the molecule is CCN1C(=O)NC(=O)C(=CC=Cc2cccc(F)c2)C1=O. The van der Waals surface area contributed by atoms with Gasteiger partial charge in [-0.2, -0.15) is 0 Å². The van der Waals surface area contributed by atoms with E-state index in [1.54, 1.807) is 25.1 Å². The van der Waals surface area contributed by atoms with Crippen LogP contribution in [0.1, 0.15) is 12.5 Å². The maximum Gasteiger partial charge on any atom is 0.331 e. The minimum atomic E-state index is -0.737. The normalized spacial score (nSPS) is 17.7. The number of halogens is 1. The molecular formula is C15H13FN2O3. The van der Waals surface area contributed by atoms with Crippen LogP contribution in [0.5, 0.6) is 0 Å². The Labute approximate surface area is 120 Å². The van der Waals surface area contributed by atoms with Crippen molar-refractivity contribution in [2.75, 3.05) is 6.54 Å². The van der Waals surface area contributed by atoms with Crippen molar-refractivity contribution in [3.8, 4) is 0 Å². The van der Waals surface area contributed by atoms with Gasteiger partial charge in [0.25, 0.3) is 11.8 Å². The molecule has 0 aliphatic carbocycles. The molecule has 2 rings (SSSR count). The first kappa shape index (κ1) is 14.6. The molecule has 6 heteroatoms. The second kappa shape index (κ2) is 6.13. The summed E-state index contributed by atoms with van der Waals surface area (Å²) in [5, 5.41) is 2.08. The number of carbonyl (C=O) groups is 3. The van der Waals surface area contributed by atoms with Crippen molar-refractivity contribution in [1.29, 1.82) is 0 Å². The number of carbonyl (C=O) groups excluding carboxylic acids is 3. The van der Waals surface area contributed by atoms with Gasteiger partial charge in [0.15, 0.2) is 0 Å². The van der Waals surface area contributed by atoms with Crippen LogP contribution in [0.15, 0.2) is 42.0 Å². The predicted molar refractivity (Wildman–Crippen MR) is 74.4 cm³/mol. The Morgan fingerprint density at radius 1 is 1.29 bits per heavy atom. The van der Waals surface area contributed by atoms with Crippen molar-refractivity contribution < 1.29 is 18.8 Å². The summed E-state index contributed by atoms with van der Waals surface area (Å²) in [6.07, 6.45) is 4.33. The number of benzene rings is 1. The molecule has 0 radical (unpaired) electrons. The van der Waals surface area contributed by atoms with Crippen LogP contribution in [0.3, 0.4) is 0 Å². The number of imide groups is 2. The van der Waals surface area contributed by atoms with E-state index in [4.69, 9.17) is 0 Å². The summed E-state index contributed by atoms with van der Waals surface area (Å²) in [6, 6.07) is 5.15. The minimum Gasteiger partial charge on any atom is -0.273 e. The molecule has 1 aliphatic rings. The zero-order valence-electron chi connectivity index (χ0n) is 11.3. The van der Waals surface area contributed by atoms with Gasteiger partial charge in [0.05, 0.1) is 0 Å². The molecule has 1 aliphatic heterocycles. The van der Waals surface area contributed by atoms with Gasteiger partial charge >= 0.3 is 6.03 Å². The topological polar surface area (TPSA) is 66.5 Å². The molecule has 1 saturated heterocycles. The van der Waals surface area contributed by atoms with Crippen molar-refractivity contribution in [2.24, 2.45) is 0 Å². The van der Waals surface area contributed by atoms with Gasteiger partial charge in [0, 0.05) is 6.54 Å². The van der Waals surface area contributed by atoms with Crippen molar-refractivity contribution >= 4 is 23.9 Å². The van der Waals surface area contributed by atoms with Gasteiger partial charge in [-0.1, -0.05) is 24.3 Å². The number of hydrogen-bond donors (Lipinski definition) is 1. The van der Waals surface area contributed by atoms with Crippen LogP contribution in [0.25, 0.3) is 6.08 Å². The fourth-order valence-electron chi connectivity index (χ4n) is 1.87. The lowest BCUT2D eigenvalue weighted by Crippen LogP contribution is -2.53. The second-order valence-corrected chi connectivity index (χ2v) is 4.30. The summed E-state index contributed by atoms with van der Waals surface area (Å²) in [7, 11) is 0. The highest BCUT2D eigenvalue weighted by molar-refractivity contribution is 6.28. The number of urea groups is 1. The Morgan fingerprint density at radius 3 is 2.71 bits per heavy atom. The Kier molecular flexibility index (Phi) is 4.27. The van der Waals surface area contributed by atoms with Crippen LogP contribution in [0.2, 0.25) is 0 Å². The van der Waals surface area contributed by atoms with Crippen LogP contribution in [-0.4, -0.2) is 29.3 Å². The zero-order valence-corrected chi connectivity index (χ0v) is 11.3. The number of likely N-dealkylation sites (N-methyl/N-ethyl adjacent to an activating group) is 1. The Morgan fingerprint density at radius 2 is 2.05 bits per heavy atom. The average Bonchev–Trinajstić information content (AvgIpc) is 2.43. The van der Waals surface area contributed by atoms with Crippen LogP contribution in [-0.2, 0) is 9.59 Å². The van der Waals surface area contributed by atoms with Crippen LogP contribution in [0.4, 0.5) is 9.18 Å². The number of nitrogens with zero attached hydrogens (tertiary/aromatic N) is 1. The lowest BCUT2D eigenvalue weighted by atomic mass is 10.1. The van der Waals surface area contributed by atoms with Gasteiger partial charge in [-0.25, -0.2) is 9.18 Å². The minimum absolute atomic E-state index is 0.135. The largest absolute Gasteiger partial charge is 0.331 e. The molecule has 1 fully saturated rings. The molecule has 0 spiro atoms. The number of nitrogens with one attached hydrogen (secondary N) is 1. The summed E-state index contributed by atoms with van der Waals surface area (Å²) >= 11 is 0. The third-order valence-corrected chi connectivity index (χ3v) is 2.90. The Hall–Kier alpha value is -2.76. The Balaban J connectivity index is 2.21. The van der Waals surface area contributed by atoms with Crippen molar-refractivity contribution in [3.05, 3.63) is 53.4 Å². The number of hydrogen-bond acceptors (Lipinski definition) is 3. The standard InChI is InChI=1S/C15H13FN2O3/c1-2-18-14(20)12(13(19)17-15(18)21)8-4-6-10-5-3-7-11(16)9-10/h3-9H,2H2,1H3,(H,17,19,21). The number of barbiturate groups is 1. The van der Waals surface area contributed by atoms with Gasteiger partial charge in [0.1, 0.15) is 11.4 Å². The van der Waals surface area contributed by atoms with E-state index in [-0.39, 0.29) is 17.9 Å². The molecule has 108 valence electrons. The third-order valence-electron chi connectivity index (χ3n) is 2.90. The fraction of sp³-hybridized carbons (Fsp3) is 0.133. The van der Waals surface area contributed by atoms with Crippen molar-refractivity contribution in [3.63, 3.8) is 0 Å². The molecule has 1 aromatic rings. The predicted octanol–water partition coefficient (Wildman–Crippen LogP) is 1.86. The quantitative estimate of drug-likeness (QED) is 0.682. The van der Waals surface area contributed by atoms with Crippen molar-refractivity contribution in [1.82, 2.24) is 10.2 Å². The highest BCUT2D eigenvalue weighted by Crippen LogP contribution is 2.11. The molecular weight excluding hydrogens is 275 g/mol. The molecule has 0 aromatic heterocycles. The molecule has 0 saturated carbocycles. The first-order valence-electron chi connectivity index (χ1n) is 6.34. The maximum absolute atomic E-state index is 13.0. The second-order valence-electron chi connectivity index (χ2n) is 4.30. The summed E-state index contributed by atoms with van der Waals surface area (Å²) in [5.74, 6) is -1.76. The third kappa shape index (κ3) is 3.22. The summed E-state index contributed by atoms with van der Waals surface area (Å²) in [6.45, 7) is 1.80. The van der Waals surface area contributed by atoms with E-state index in [0.717, 1.165) is 4.90 Å². The molecule has 21 heavy (non-hydrogen) atoms. The van der Waals surface area contributed by atoms with E-state index in [2.05, 4.69) is 5.32 Å². The molecule has 0 bridgehead atoms. The van der Waals surface area contributed by atoms with E-state index in [9.17, 15) is 18.8 Å². The molecule has 1 N–H and O–H groups in total. The highest BCUT2D eigenvalue weighted by atomic mass is 19.1. The summed E-state index contributed by atoms with van der Waals surface area (Å²) in [5.41, 5.74) is 0.461. The molecule has 1 aromatic carbocycles. The number of amides is 4. The number of allylic oxidation sites excluding steroid dienone is 2. The maximum atomic E-state index is 13.0. The molecule has 0 unspecified atom stereocenters. The van der Waals surface area contributed by atoms with Crippen molar-refractivity contribution in [2.45, 2.75) is 6.92 Å². The fourth-order valence-corrected chi connectivity index (χ4v) is 1.87. The van der Waals surface area contributed by atoms with E-state index in [1.165, 1.54) is 24.3 Å². The lowest BCUT2D eigenvalue weighted by molar-refractivity contribution is -0.130. The first-order chi connectivity index (χ1) is 10.0. The van der Waals surface area contributed by atoms with E-state index in [1.807, 2.05) is 0 Å². The zero-order chi connectivity index (χ0) is 15.4. The Bertz CT molecular complexity index is 665. The van der Waals surface area contributed by atoms with Gasteiger partial charge in [-0.3, -0.25) is 19.8 Å². The van der Waals surface area contributed by atoms with Crippen LogP contribution in [0, 0.1) is 5.82 Å². The average molecular weight is 288 g/mol. The van der Waals surface area contributed by atoms with Gasteiger partial charge < -0.3 is 0 Å². The van der Waals surface area contributed by atoms with Gasteiger partial charge in [-0.15, -0.1) is 0 Å².